The lowest BCUT2D eigenvalue weighted by Crippen LogP contribution is -1.95. The molecule has 4 aromatic heterocycles. The zero-order valence-corrected chi connectivity index (χ0v) is 10.8. The second-order valence-corrected chi connectivity index (χ2v) is 4.46. The predicted molar refractivity (Wildman–Crippen MR) is 73.3 cm³/mol. The van der Waals surface area contributed by atoms with Gasteiger partial charge in [0.15, 0.2) is 5.65 Å². The number of rotatable bonds is 2. The van der Waals surface area contributed by atoms with E-state index in [9.17, 15) is 4.39 Å². The number of pyridine rings is 1. The molecule has 21 heavy (non-hydrogen) atoms. The van der Waals surface area contributed by atoms with Gasteiger partial charge >= 0.3 is 0 Å². The van der Waals surface area contributed by atoms with Gasteiger partial charge in [0, 0.05) is 35.9 Å². The summed E-state index contributed by atoms with van der Waals surface area (Å²) in [6.45, 7) is 0. The number of hydrogen-bond acceptors (Lipinski definition) is 4. The van der Waals surface area contributed by atoms with Crippen molar-refractivity contribution in [2.24, 2.45) is 0 Å². The molecule has 0 saturated carbocycles. The molecule has 0 radical (unpaired) electrons. The molecule has 0 N–H and O–H groups in total. The molecule has 4 rings (SSSR count). The second kappa shape index (κ2) is 4.48. The summed E-state index contributed by atoms with van der Waals surface area (Å²) in [6, 6.07) is 4.80. The molecule has 0 aromatic carbocycles. The van der Waals surface area contributed by atoms with Gasteiger partial charge in [-0.25, -0.2) is 19.2 Å². The SMILES string of the molecule is Fc1ccc(-c2cnn(-c3cnn4cccnc34)c2)cn1. The predicted octanol–water partition coefficient (Wildman–Crippen LogP) is 2.12. The van der Waals surface area contributed by atoms with E-state index in [1.165, 1.54) is 12.3 Å². The molecular weight excluding hydrogens is 271 g/mol. The summed E-state index contributed by atoms with van der Waals surface area (Å²) in [6.07, 6.45) is 10.2. The van der Waals surface area contributed by atoms with Crippen LogP contribution in [-0.4, -0.2) is 29.4 Å². The van der Waals surface area contributed by atoms with Crippen LogP contribution in [0.1, 0.15) is 0 Å². The number of hydrogen-bond donors (Lipinski definition) is 0. The number of halogens is 1. The van der Waals surface area contributed by atoms with Crippen LogP contribution in [0.2, 0.25) is 0 Å². The third kappa shape index (κ3) is 1.95. The lowest BCUT2D eigenvalue weighted by molar-refractivity contribution is 0.584. The molecule has 0 spiro atoms. The molecule has 7 heteroatoms. The van der Waals surface area contributed by atoms with Crippen LogP contribution < -0.4 is 0 Å². The summed E-state index contributed by atoms with van der Waals surface area (Å²) in [5.41, 5.74) is 3.13. The zero-order valence-electron chi connectivity index (χ0n) is 10.8. The first-order valence-corrected chi connectivity index (χ1v) is 6.26. The minimum absolute atomic E-state index is 0.502. The molecule has 102 valence electrons. The molecule has 0 amide bonds. The van der Waals surface area contributed by atoms with Gasteiger partial charge in [-0.05, 0) is 18.2 Å². The third-order valence-electron chi connectivity index (χ3n) is 3.15. The molecule has 0 aliphatic heterocycles. The molecule has 4 heterocycles. The van der Waals surface area contributed by atoms with Crippen LogP contribution in [0, 0.1) is 5.95 Å². The van der Waals surface area contributed by atoms with E-state index in [1.807, 2.05) is 18.5 Å². The Labute approximate surface area is 118 Å². The average molecular weight is 280 g/mol. The highest BCUT2D eigenvalue weighted by Crippen LogP contribution is 2.20. The Balaban J connectivity index is 1.79. The van der Waals surface area contributed by atoms with Gasteiger partial charge in [0.25, 0.3) is 0 Å². The van der Waals surface area contributed by atoms with E-state index in [0.717, 1.165) is 16.8 Å². The fourth-order valence-electron chi connectivity index (χ4n) is 2.13. The molecule has 0 saturated heterocycles. The van der Waals surface area contributed by atoms with Gasteiger partial charge in [-0.15, -0.1) is 0 Å². The van der Waals surface area contributed by atoms with E-state index in [1.54, 1.807) is 33.9 Å². The molecule has 0 aliphatic rings. The Morgan fingerprint density at radius 3 is 2.76 bits per heavy atom. The van der Waals surface area contributed by atoms with Crippen molar-refractivity contribution < 1.29 is 4.39 Å². The van der Waals surface area contributed by atoms with Crippen LogP contribution in [0.5, 0.6) is 0 Å². The van der Waals surface area contributed by atoms with Crippen molar-refractivity contribution in [2.45, 2.75) is 0 Å². The quantitative estimate of drug-likeness (QED) is 0.528. The Kier molecular flexibility index (Phi) is 2.50. The molecule has 0 unspecified atom stereocenters. The molecule has 0 fully saturated rings. The monoisotopic (exact) mass is 280 g/mol. The van der Waals surface area contributed by atoms with Crippen molar-refractivity contribution in [3.8, 4) is 16.8 Å². The number of fused-ring (bicyclic) bond motifs is 1. The summed E-state index contributed by atoms with van der Waals surface area (Å²) in [7, 11) is 0. The van der Waals surface area contributed by atoms with E-state index in [4.69, 9.17) is 0 Å². The van der Waals surface area contributed by atoms with E-state index in [2.05, 4.69) is 20.2 Å². The van der Waals surface area contributed by atoms with Crippen LogP contribution in [-0.2, 0) is 0 Å². The van der Waals surface area contributed by atoms with Crippen molar-refractivity contribution in [3.05, 3.63) is 61.3 Å². The van der Waals surface area contributed by atoms with E-state index in [0.29, 0.717) is 5.65 Å². The smallest absolute Gasteiger partial charge is 0.212 e. The van der Waals surface area contributed by atoms with E-state index < -0.39 is 5.95 Å². The third-order valence-corrected chi connectivity index (χ3v) is 3.15. The first kappa shape index (κ1) is 11.7. The van der Waals surface area contributed by atoms with Gasteiger partial charge in [-0.1, -0.05) is 0 Å². The van der Waals surface area contributed by atoms with Gasteiger partial charge in [0.05, 0.1) is 12.4 Å². The molecule has 6 nitrogen and oxygen atoms in total. The van der Waals surface area contributed by atoms with Gasteiger partial charge < -0.3 is 0 Å². The maximum Gasteiger partial charge on any atom is 0.212 e. The number of nitrogens with zero attached hydrogens (tertiary/aromatic N) is 6. The minimum Gasteiger partial charge on any atom is -0.235 e. The molecule has 0 atom stereocenters. The van der Waals surface area contributed by atoms with Crippen molar-refractivity contribution in [2.75, 3.05) is 0 Å². The highest BCUT2D eigenvalue weighted by Gasteiger charge is 2.09. The normalized spacial score (nSPS) is 11.1. The van der Waals surface area contributed by atoms with Crippen molar-refractivity contribution in [3.63, 3.8) is 0 Å². The van der Waals surface area contributed by atoms with Crippen LogP contribution in [0.4, 0.5) is 4.39 Å². The topological polar surface area (TPSA) is 60.9 Å². The molecule has 0 bridgehead atoms. The van der Waals surface area contributed by atoms with E-state index in [-0.39, 0.29) is 0 Å². The summed E-state index contributed by atoms with van der Waals surface area (Å²) in [4.78, 5) is 7.93. The zero-order chi connectivity index (χ0) is 14.2. The Hall–Kier alpha value is -3.09. The van der Waals surface area contributed by atoms with Gasteiger partial charge in [0.2, 0.25) is 5.95 Å². The summed E-state index contributed by atoms with van der Waals surface area (Å²) >= 11 is 0. The van der Waals surface area contributed by atoms with Crippen molar-refractivity contribution in [1.82, 2.24) is 29.4 Å². The standard InChI is InChI=1S/C14H9FN6/c15-13-3-2-10(6-17-13)11-7-18-21(9-11)12-8-19-20-5-1-4-16-14(12)20/h1-9H. The maximum atomic E-state index is 12.9. The summed E-state index contributed by atoms with van der Waals surface area (Å²) in [5, 5.41) is 8.53. The highest BCUT2D eigenvalue weighted by atomic mass is 19.1. The van der Waals surface area contributed by atoms with E-state index >= 15 is 0 Å². The first-order chi connectivity index (χ1) is 10.3. The van der Waals surface area contributed by atoms with Crippen LogP contribution in [0.3, 0.4) is 0 Å². The molecule has 4 aromatic rings. The fourth-order valence-corrected chi connectivity index (χ4v) is 2.13. The van der Waals surface area contributed by atoms with Crippen molar-refractivity contribution in [1.29, 1.82) is 0 Å². The lowest BCUT2D eigenvalue weighted by atomic mass is 10.2. The molecular formula is C14H9FN6. The van der Waals surface area contributed by atoms with Crippen LogP contribution >= 0.6 is 0 Å². The fraction of sp³-hybridized carbons (Fsp3) is 0. The first-order valence-electron chi connectivity index (χ1n) is 6.26. The van der Waals surface area contributed by atoms with Gasteiger partial charge in [-0.2, -0.15) is 14.6 Å². The average Bonchev–Trinajstić information content (AvgIpc) is 3.14. The highest BCUT2D eigenvalue weighted by molar-refractivity contribution is 5.63. The minimum atomic E-state index is -0.502. The second-order valence-electron chi connectivity index (χ2n) is 4.46. The Morgan fingerprint density at radius 2 is 1.90 bits per heavy atom. The summed E-state index contributed by atoms with van der Waals surface area (Å²) < 4.78 is 16.2. The Bertz CT molecular complexity index is 909. The lowest BCUT2D eigenvalue weighted by Gasteiger charge is -1.97. The van der Waals surface area contributed by atoms with Gasteiger partial charge in [0.1, 0.15) is 5.69 Å². The van der Waals surface area contributed by atoms with Crippen LogP contribution in [0.25, 0.3) is 22.5 Å². The van der Waals surface area contributed by atoms with Gasteiger partial charge in [-0.3, -0.25) is 0 Å². The summed E-state index contributed by atoms with van der Waals surface area (Å²) in [5.74, 6) is -0.502. The Morgan fingerprint density at radius 1 is 0.952 bits per heavy atom. The molecule has 0 aliphatic carbocycles. The van der Waals surface area contributed by atoms with Crippen molar-refractivity contribution >= 4 is 5.65 Å². The van der Waals surface area contributed by atoms with Crippen LogP contribution in [0.15, 0.2) is 55.4 Å². The number of aromatic nitrogens is 6. The maximum absolute atomic E-state index is 12.9. The largest absolute Gasteiger partial charge is 0.235 e.